The number of hydrogen-bond donors (Lipinski definition) is 1. The molecule has 1 aromatic carbocycles. The molecule has 0 radical (unpaired) electrons. The predicted octanol–water partition coefficient (Wildman–Crippen LogP) is 4.63. The molecule has 3 aromatic rings. The van der Waals surface area contributed by atoms with Crippen LogP contribution >= 0.6 is 27.5 Å². The molecule has 0 aliphatic heterocycles. The molecule has 0 aliphatic carbocycles. The lowest BCUT2D eigenvalue weighted by Gasteiger charge is -2.10. The Labute approximate surface area is 122 Å². The fraction of sp³-hybridized carbons (Fsp3) is 0. The molecular formula is C13H8BrClFN3. The van der Waals surface area contributed by atoms with Gasteiger partial charge in [0.2, 0.25) is 0 Å². The molecule has 0 atom stereocenters. The van der Waals surface area contributed by atoms with Crippen LogP contribution in [0.15, 0.2) is 47.3 Å². The van der Waals surface area contributed by atoms with E-state index in [4.69, 9.17) is 11.6 Å². The van der Waals surface area contributed by atoms with Crippen LogP contribution in [0.3, 0.4) is 0 Å². The second kappa shape index (κ2) is 4.83. The molecule has 3 rings (SSSR count). The molecule has 1 N–H and O–H groups in total. The summed E-state index contributed by atoms with van der Waals surface area (Å²) < 4.78 is 16.7. The van der Waals surface area contributed by atoms with Crippen LogP contribution in [0, 0.1) is 5.82 Å². The molecule has 0 amide bonds. The van der Waals surface area contributed by atoms with Crippen LogP contribution in [0.25, 0.3) is 5.65 Å². The molecule has 2 heterocycles. The quantitative estimate of drug-likeness (QED) is 0.737. The highest BCUT2D eigenvalue weighted by Gasteiger charge is 2.10. The minimum Gasteiger partial charge on any atom is -0.352 e. The third-order valence-corrected chi connectivity index (χ3v) is 3.51. The fourth-order valence-electron chi connectivity index (χ4n) is 1.78. The summed E-state index contributed by atoms with van der Waals surface area (Å²) in [5, 5.41) is 3.48. The number of aromatic nitrogens is 2. The number of fused-ring (bicyclic) bond motifs is 1. The number of hydrogen-bond acceptors (Lipinski definition) is 2. The lowest BCUT2D eigenvalue weighted by molar-refractivity contribution is 0.634. The topological polar surface area (TPSA) is 29.3 Å². The van der Waals surface area contributed by atoms with Gasteiger partial charge in [0.15, 0.2) is 11.5 Å². The average Bonchev–Trinajstić information content (AvgIpc) is 2.85. The van der Waals surface area contributed by atoms with E-state index < -0.39 is 5.82 Å². The standard InChI is InChI=1S/C13H8BrClFN3/c14-8-1-2-10(9(15)7-8)18-11-3-5-19-6-4-17-13(19)12(11)16/h1-7,18H. The molecule has 0 fully saturated rings. The van der Waals surface area contributed by atoms with Crippen molar-refractivity contribution in [2.45, 2.75) is 0 Å². The molecule has 19 heavy (non-hydrogen) atoms. The lowest BCUT2D eigenvalue weighted by Crippen LogP contribution is -1.98. The Morgan fingerprint density at radius 3 is 2.84 bits per heavy atom. The van der Waals surface area contributed by atoms with E-state index in [1.165, 1.54) is 0 Å². The van der Waals surface area contributed by atoms with Crippen molar-refractivity contribution in [1.29, 1.82) is 0 Å². The largest absolute Gasteiger partial charge is 0.352 e. The second-order valence-corrected chi connectivity index (χ2v) is 5.27. The van der Waals surface area contributed by atoms with Gasteiger partial charge in [-0.05, 0) is 24.3 Å². The monoisotopic (exact) mass is 339 g/mol. The van der Waals surface area contributed by atoms with Gasteiger partial charge in [-0.3, -0.25) is 0 Å². The number of rotatable bonds is 2. The molecule has 3 nitrogen and oxygen atoms in total. The zero-order valence-corrected chi connectivity index (χ0v) is 11.9. The van der Waals surface area contributed by atoms with Gasteiger partial charge in [-0.15, -0.1) is 0 Å². The highest BCUT2D eigenvalue weighted by atomic mass is 79.9. The Balaban J connectivity index is 2.03. The Bertz CT molecular complexity index is 757. The van der Waals surface area contributed by atoms with Gasteiger partial charge in [0.25, 0.3) is 0 Å². The first-order valence-electron chi connectivity index (χ1n) is 5.48. The summed E-state index contributed by atoms with van der Waals surface area (Å²) in [5.74, 6) is -0.411. The van der Waals surface area contributed by atoms with Crippen molar-refractivity contribution >= 4 is 44.6 Å². The molecule has 0 spiro atoms. The Hall–Kier alpha value is -1.59. The van der Waals surface area contributed by atoms with E-state index in [9.17, 15) is 4.39 Å². The van der Waals surface area contributed by atoms with E-state index in [0.717, 1.165) is 4.47 Å². The van der Waals surface area contributed by atoms with Crippen LogP contribution in [-0.4, -0.2) is 9.38 Å². The maximum absolute atomic E-state index is 14.2. The van der Waals surface area contributed by atoms with Crippen molar-refractivity contribution in [2.75, 3.05) is 5.32 Å². The lowest BCUT2D eigenvalue weighted by atomic mass is 10.3. The van der Waals surface area contributed by atoms with Crippen molar-refractivity contribution < 1.29 is 4.39 Å². The van der Waals surface area contributed by atoms with E-state index >= 15 is 0 Å². The van der Waals surface area contributed by atoms with Crippen molar-refractivity contribution in [1.82, 2.24) is 9.38 Å². The summed E-state index contributed by atoms with van der Waals surface area (Å²) in [7, 11) is 0. The zero-order chi connectivity index (χ0) is 13.4. The minimum absolute atomic E-state index is 0.276. The number of pyridine rings is 1. The summed E-state index contributed by atoms with van der Waals surface area (Å²) in [6.45, 7) is 0. The molecular weight excluding hydrogens is 333 g/mol. The number of nitrogens with one attached hydrogen (secondary N) is 1. The molecule has 96 valence electrons. The summed E-state index contributed by atoms with van der Waals surface area (Å²) in [5.41, 5.74) is 1.25. The van der Waals surface area contributed by atoms with Gasteiger partial charge in [0.1, 0.15) is 0 Å². The summed E-state index contributed by atoms with van der Waals surface area (Å²) >= 11 is 9.42. The Morgan fingerprint density at radius 1 is 1.21 bits per heavy atom. The van der Waals surface area contributed by atoms with Gasteiger partial charge in [0, 0.05) is 23.1 Å². The number of anilines is 2. The SMILES string of the molecule is Fc1c(Nc2ccc(Br)cc2Cl)ccn2ccnc12. The second-order valence-electron chi connectivity index (χ2n) is 3.95. The highest BCUT2D eigenvalue weighted by molar-refractivity contribution is 9.10. The molecule has 0 aliphatic rings. The molecule has 0 unspecified atom stereocenters. The van der Waals surface area contributed by atoms with Crippen molar-refractivity contribution in [3.05, 3.63) is 58.2 Å². The first kappa shape index (κ1) is 12.4. The summed E-state index contributed by atoms with van der Waals surface area (Å²) in [6, 6.07) is 7.00. The van der Waals surface area contributed by atoms with Crippen LogP contribution < -0.4 is 5.32 Å². The zero-order valence-electron chi connectivity index (χ0n) is 9.57. The van der Waals surface area contributed by atoms with Crippen LogP contribution in [0.4, 0.5) is 15.8 Å². The van der Waals surface area contributed by atoms with Crippen molar-refractivity contribution in [3.8, 4) is 0 Å². The molecule has 0 saturated carbocycles. The third-order valence-electron chi connectivity index (χ3n) is 2.70. The van der Waals surface area contributed by atoms with Crippen LogP contribution in [0.5, 0.6) is 0 Å². The maximum Gasteiger partial charge on any atom is 0.189 e. The van der Waals surface area contributed by atoms with E-state index in [-0.39, 0.29) is 5.65 Å². The summed E-state index contributed by atoms with van der Waals surface area (Å²) in [6.07, 6.45) is 4.98. The van der Waals surface area contributed by atoms with Gasteiger partial charge in [-0.2, -0.15) is 0 Å². The first-order valence-corrected chi connectivity index (χ1v) is 6.65. The molecule has 0 bridgehead atoms. The first-order chi connectivity index (χ1) is 9.15. The highest BCUT2D eigenvalue weighted by Crippen LogP contribution is 2.30. The predicted molar refractivity (Wildman–Crippen MR) is 77.6 cm³/mol. The van der Waals surface area contributed by atoms with E-state index in [1.54, 1.807) is 41.2 Å². The van der Waals surface area contributed by atoms with E-state index in [0.29, 0.717) is 16.4 Å². The van der Waals surface area contributed by atoms with Crippen LogP contribution in [0.1, 0.15) is 0 Å². The number of halogens is 3. The molecule has 0 saturated heterocycles. The van der Waals surface area contributed by atoms with E-state index in [1.807, 2.05) is 6.07 Å². The van der Waals surface area contributed by atoms with Crippen LogP contribution in [-0.2, 0) is 0 Å². The van der Waals surface area contributed by atoms with Crippen molar-refractivity contribution in [2.24, 2.45) is 0 Å². The van der Waals surface area contributed by atoms with Gasteiger partial charge in [-0.1, -0.05) is 27.5 Å². The van der Waals surface area contributed by atoms with Gasteiger partial charge >= 0.3 is 0 Å². The van der Waals surface area contributed by atoms with E-state index in [2.05, 4.69) is 26.2 Å². The van der Waals surface area contributed by atoms with Gasteiger partial charge in [0.05, 0.1) is 16.4 Å². The number of nitrogens with zero attached hydrogens (tertiary/aromatic N) is 2. The minimum atomic E-state index is -0.411. The average molecular weight is 341 g/mol. The number of imidazole rings is 1. The molecule has 6 heteroatoms. The smallest absolute Gasteiger partial charge is 0.189 e. The Kier molecular flexibility index (Phi) is 3.16. The summed E-state index contributed by atoms with van der Waals surface area (Å²) in [4.78, 5) is 3.96. The maximum atomic E-state index is 14.2. The third kappa shape index (κ3) is 2.31. The van der Waals surface area contributed by atoms with Crippen molar-refractivity contribution in [3.63, 3.8) is 0 Å². The van der Waals surface area contributed by atoms with Crippen LogP contribution in [0.2, 0.25) is 5.02 Å². The number of benzene rings is 1. The van der Waals surface area contributed by atoms with Gasteiger partial charge in [-0.25, -0.2) is 9.37 Å². The Morgan fingerprint density at radius 2 is 2.05 bits per heavy atom. The fourth-order valence-corrected chi connectivity index (χ4v) is 2.50. The molecule has 2 aromatic heterocycles. The normalized spacial score (nSPS) is 10.9. The van der Waals surface area contributed by atoms with Gasteiger partial charge < -0.3 is 9.72 Å².